The number of nitrogens with two attached hydrogens (primary N) is 1. The maximum Gasteiger partial charge on any atom is 0.150 e. The molecular weight excluding hydrogens is 210 g/mol. The van der Waals surface area contributed by atoms with Crippen LogP contribution in [0.1, 0.15) is 21.5 Å². The molecular formula is C15H15NO. The largest absolute Gasteiger partial charge is 0.399 e. The van der Waals surface area contributed by atoms with Gasteiger partial charge < -0.3 is 5.73 Å². The predicted octanol–water partition coefficient (Wildman–Crippen LogP) is 2.87. The molecule has 86 valence electrons. The predicted molar refractivity (Wildman–Crippen MR) is 70.1 cm³/mol. The van der Waals surface area contributed by atoms with Crippen LogP contribution in [-0.4, -0.2) is 6.29 Å². The highest BCUT2D eigenvalue weighted by Crippen LogP contribution is 2.14. The smallest absolute Gasteiger partial charge is 0.150 e. The molecule has 0 unspecified atom stereocenters. The van der Waals surface area contributed by atoms with Crippen molar-refractivity contribution in [2.75, 3.05) is 5.73 Å². The van der Waals surface area contributed by atoms with Crippen molar-refractivity contribution in [3.63, 3.8) is 0 Å². The Morgan fingerprint density at radius 2 is 1.65 bits per heavy atom. The van der Waals surface area contributed by atoms with Crippen molar-refractivity contribution in [3.05, 3.63) is 65.2 Å². The molecule has 0 amide bonds. The molecule has 2 rings (SSSR count). The molecule has 17 heavy (non-hydrogen) atoms. The lowest BCUT2D eigenvalue weighted by Crippen LogP contribution is -1.96. The number of carbonyl (C=O) groups is 1. The van der Waals surface area contributed by atoms with E-state index in [0.29, 0.717) is 5.56 Å². The van der Waals surface area contributed by atoms with E-state index in [4.69, 9.17) is 5.73 Å². The van der Waals surface area contributed by atoms with Gasteiger partial charge in [0.2, 0.25) is 0 Å². The molecule has 2 nitrogen and oxygen atoms in total. The minimum atomic E-state index is 0.716. The molecule has 0 aliphatic rings. The Kier molecular flexibility index (Phi) is 3.55. The van der Waals surface area contributed by atoms with Gasteiger partial charge in [0.05, 0.1) is 0 Å². The van der Waals surface area contributed by atoms with Crippen molar-refractivity contribution in [1.29, 1.82) is 0 Å². The van der Waals surface area contributed by atoms with Gasteiger partial charge in [0.25, 0.3) is 0 Å². The third kappa shape index (κ3) is 2.94. The van der Waals surface area contributed by atoms with Crippen LogP contribution in [0.3, 0.4) is 0 Å². The summed E-state index contributed by atoms with van der Waals surface area (Å²) in [5.74, 6) is 0. The summed E-state index contributed by atoms with van der Waals surface area (Å²) in [5.41, 5.74) is 9.84. The van der Waals surface area contributed by atoms with E-state index in [-0.39, 0.29) is 0 Å². The van der Waals surface area contributed by atoms with Gasteiger partial charge in [-0.15, -0.1) is 0 Å². The van der Waals surface area contributed by atoms with Crippen LogP contribution < -0.4 is 5.73 Å². The lowest BCUT2D eigenvalue weighted by atomic mass is 10.0. The molecule has 0 aromatic heterocycles. The van der Waals surface area contributed by atoms with E-state index < -0.39 is 0 Å². The zero-order valence-corrected chi connectivity index (χ0v) is 9.60. The molecule has 0 saturated carbocycles. The van der Waals surface area contributed by atoms with E-state index >= 15 is 0 Å². The summed E-state index contributed by atoms with van der Waals surface area (Å²) in [7, 11) is 0. The maximum absolute atomic E-state index is 10.5. The van der Waals surface area contributed by atoms with Crippen molar-refractivity contribution in [2.45, 2.75) is 12.8 Å². The highest BCUT2D eigenvalue weighted by atomic mass is 16.1. The average Bonchev–Trinajstić information content (AvgIpc) is 2.38. The number of aldehydes is 1. The molecule has 2 aromatic rings. The molecule has 2 N–H and O–H groups in total. The Morgan fingerprint density at radius 1 is 0.941 bits per heavy atom. The molecule has 2 aromatic carbocycles. The highest BCUT2D eigenvalue weighted by Gasteiger charge is 1.99. The Bertz CT molecular complexity index is 503. The Balaban J connectivity index is 2.02. The fourth-order valence-corrected chi connectivity index (χ4v) is 1.80. The number of aryl methyl sites for hydroxylation is 2. The zero-order valence-electron chi connectivity index (χ0n) is 9.60. The molecule has 0 saturated heterocycles. The first kappa shape index (κ1) is 11.4. The van der Waals surface area contributed by atoms with E-state index in [9.17, 15) is 4.79 Å². The number of anilines is 1. The minimum absolute atomic E-state index is 0.716. The number of rotatable bonds is 4. The lowest BCUT2D eigenvalue weighted by molar-refractivity contribution is 0.112. The van der Waals surface area contributed by atoms with Crippen LogP contribution in [0.2, 0.25) is 0 Å². The van der Waals surface area contributed by atoms with E-state index in [1.54, 1.807) is 0 Å². The van der Waals surface area contributed by atoms with Gasteiger partial charge in [-0.2, -0.15) is 0 Å². The fourth-order valence-electron chi connectivity index (χ4n) is 1.80. The summed E-state index contributed by atoms with van der Waals surface area (Å²) >= 11 is 0. The van der Waals surface area contributed by atoms with Gasteiger partial charge in [0.15, 0.2) is 0 Å². The number of benzene rings is 2. The summed E-state index contributed by atoms with van der Waals surface area (Å²) in [6.07, 6.45) is 2.72. The SMILES string of the molecule is Nc1ccccc1CCc1ccc(C=O)cc1. The Labute approximate surface area is 101 Å². The van der Waals surface area contributed by atoms with E-state index in [0.717, 1.165) is 24.8 Å². The molecule has 0 aliphatic heterocycles. The number of carbonyl (C=O) groups excluding carboxylic acids is 1. The first-order valence-corrected chi connectivity index (χ1v) is 5.67. The van der Waals surface area contributed by atoms with Crippen LogP contribution in [0, 0.1) is 0 Å². The van der Waals surface area contributed by atoms with Gasteiger partial charge in [0.1, 0.15) is 6.29 Å². The summed E-state index contributed by atoms with van der Waals surface area (Å²) in [6, 6.07) is 15.6. The van der Waals surface area contributed by atoms with Crippen LogP contribution >= 0.6 is 0 Å². The molecule has 0 atom stereocenters. The summed E-state index contributed by atoms with van der Waals surface area (Å²) in [5, 5.41) is 0. The van der Waals surface area contributed by atoms with Crippen LogP contribution in [0.15, 0.2) is 48.5 Å². The van der Waals surface area contributed by atoms with Crippen molar-refractivity contribution < 1.29 is 4.79 Å². The summed E-state index contributed by atoms with van der Waals surface area (Å²) < 4.78 is 0. The topological polar surface area (TPSA) is 43.1 Å². The van der Waals surface area contributed by atoms with Crippen LogP contribution in [0.5, 0.6) is 0 Å². The van der Waals surface area contributed by atoms with Gasteiger partial charge in [0, 0.05) is 11.3 Å². The van der Waals surface area contributed by atoms with Crippen LogP contribution in [-0.2, 0) is 12.8 Å². The first-order chi connectivity index (χ1) is 8.29. The second-order valence-electron chi connectivity index (χ2n) is 4.06. The Hall–Kier alpha value is -2.09. The standard InChI is InChI=1S/C15H15NO/c16-15-4-2-1-3-14(15)10-9-12-5-7-13(11-17)8-6-12/h1-8,11H,9-10,16H2. The third-order valence-electron chi connectivity index (χ3n) is 2.85. The third-order valence-corrected chi connectivity index (χ3v) is 2.85. The molecule has 0 aliphatic carbocycles. The van der Waals surface area contributed by atoms with Gasteiger partial charge >= 0.3 is 0 Å². The van der Waals surface area contributed by atoms with E-state index in [1.807, 2.05) is 42.5 Å². The monoisotopic (exact) mass is 225 g/mol. The molecule has 0 fully saturated rings. The Morgan fingerprint density at radius 3 is 2.29 bits per heavy atom. The van der Waals surface area contributed by atoms with E-state index in [2.05, 4.69) is 6.07 Å². The van der Waals surface area contributed by atoms with Crippen molar-refractivity contribution >= 4 is 12.0 Å². The van der Waals surface area contributed by atoms with Gasteiger partial charge in [-0.05, 0) is 30.0 Å². The molecule has 2 heteroatoms. The van der Waals surface area contributed by atoms with Crippen molar-refractivity contribution in [1.82, 2.24) is 0 Å². The zero-order chi connectivity index (χ0) is 12.1. The van der Waals surface area contributed by atoms with E-state index in [1.165, 1.54) is 11.1 Å². The van der Waals surface area contributed by atoms with Crippen molar-refractivity contribution in [3.8, 4) is 0 Å². The minimum Gasteiger partial charge on any atom is -0.399 e. The number of para-hydroxylation sites is 1. The lowest BCUT2D eigenvalue weighted by Gasteiger charge is -2.05. The van der Waals surface area contributed by atoms with Gasteiger partial charge in [-0.3, -0.25) is 4.79 Å². The van der Waals surface area contributed by atoms with Gasteiger partial charge in [-0.25, -0.2) is 0 Å². The second kappa shape index (κ2) is 5.30. The average molecular weight is 225 g/mol. The molecule has 0 bridgehead atoms. The van der Waals surface area contributed by atoms with Crippen LogP contribution in [0.4, 0.5) is 5.69 Å². The summed E-state index contributed by atoms with van der Waals surface area (Å²) in [6.45, 7) is 0. The van der Waals surface area contributed by atoms with Crippen molar-refractivity contribution in [2.24, 2.45) is 0 Å². The molecule has 0 heterocycles. The first-order valence-electron chi connectivity index (χ1n) is 5.67. The maximum atomic E-state index is 10.5. The number of hydrogen-bond acceptors (Lipinski definition) is 2. The summed E-state index contributed by atoms with van der Waals surface area (Å²) in [4.78, 5) is 10.5. The number of hydrogen-bond donors (Lipinski definition) is 1. The fraction of sp³-hybridized carbons (Fsp3) is 0.133. The highest BCUT2D eigenvalue weighted by molar-refractivity contribution is 5.74. The quantitative estimate of drug-likeness (QED) is 0.642. The van der Waals surface area contributed by atoms with Crippen LogP contribution in [0.25, 0.3) is 0 Å². The van der Waals surface area contributed by atoms with Gasteiger partial charge in [-0.1, -0.05) is 42.5 Å². The second-order valence-corrected chi connectivity index (χ2v) is 4.06. The normalized spacial score (nSPS) is 10.1. The molecule has 0 radical (unpaired) electrons. The number of nitrogen functional groups attached to an aromatic ring is 1. The molecule has 0 spiro atoms.